The number of halogens is 1. The van der Waals surface area contributed by atoms with Gasteiger partial charge >= 0.3 is 0 Å². The molecule has 2 fully saturated rings. The fourth-order valence-electron chi connectivity index (χ4n) is 3.34. The largest absolute Gasteiger partial charge is 0.493 e. The molecule has 16 heavy (non-hydrogen) atoms. The van der Waals surface area contributed by atoms with Crippen LogP contribution in [0.25, 0.3) is 0 Å². The van der Waals surface area contributed by atoms with Crippen molar-refractivity contribution in [1.29, 1.82) is 0 Å². The van der Waals surface area contributed by atoms with E-state index in [4.69, 9.17) is 4.74 Å². The van der Waals surface area contributed by atoms with Gasteiger partial charge in [0.2, 0.25) is 0 Å². The second-order valence-electron chi connectivity index (χ2n) is 5.20. The van der Waals surface area contributed by atoms with Crippen LogP contribution in [0.15, 0.2) is 24.3 Å². The van der Waals surface area contributed by atoms with E-state index in [1.807, 2.05) is 6.07 Å². The molecule has 0 aliphatic heterocycles. The lowest BCUT2D eigenvalue weighted by Crippen LogP contribution is -2.18. The fraction of sp³-hybridized carbons (Fsp3) is 0.571. The van der Waals surface area contributed by atoms with E-state index in [-0.39, 0.29) is 5.82 Å². The Morgan fingerprint density at radius 1 is 1.25 bits per heavy atom. The Morgan fingerprint density at radius 2 is 2.19 bits per heavy atom. The van der Waals surface area contributed by atoms with Crippen LogP contribution in [-0.4, -0.2) is 6.61 Å². The summed E-state index contributed by atoms with van der Waals surface area (Å²) in [5.41, 5.74) is 0. The van der Waals surface area contributed by atoms with Gasteiger partial charge in [0, 0.05) is 6.07 Å². The lowest BCUT2D eigenvalue weighted by molar-refractivity contribution is 0.195. The minimum Gasteiger partial charge on any atom is -0.493 e. The molecule has 1 aromatic carbocycles. The second-order valence-corrected chi connectivity index (χ2v) is 5.20. The van der Waals surface area contributed by atoms with Crippen LogP contribution in [0.2, 0.25) is 0 Å². The molecular weight excluding hydrogens is 203 g/mol. The van der Waals surface area contributed by atoms with Gasteiger partial charge in [0.1, 0.15) is 11.6 Å². The van der Waals surface area contributed by atoms with Gasteiger partial charge in [-0.15, -0.1) is 0 Å². The highest BCUT2D eigenvalue weighted by molar-refractivity contribution is 5.22. The van der Waals surface area contributed by atoms with E-state index in [1.54, 1.807) is 6.07 Å². The maximum Gasteiger partial charge on any atom is 0.126 e. The summed E-state index contributed by atoms with van der Waals surface area (Å²) in [5, 5.41) is 0. The molecule has 0 saturated heterocycles. The second kappa shape index (κ2) is 4.08. The van der Waals surface area contributed by atoms with Crippen LogP contribution in [0, 0.1) is 23.6 Å². The van der Waals surface area contributed by atoms with Gasteiger partial charge in [0.25, 0.3) is 0 Å². The normalized spacial score (nSPS) is 31.9. The Kier molecular flexibility index (Phi) is 2.58. The molecule has 1 nitrogen and oxygen atoms in total. The molecule has 0 aromatic heterocycles. The molecule has 3 rings (SSSR count). The molecule has 3 unspecified atom stereocenters. The number of hydrogen-bond donors (Lipinski definition) is 0. The monoisotopic (exact) mass is 220 g/mol. The van der Waals surface area contributed by atoms with Crippen LogP contribution < -0.4 is 4.74 Å². The fourth-order valence-corrected chi connectivity index (χ4v) is 3.34. The van der Waals surface area contributed by atoms with Crippen LogP contribution in [0.5, 0.6) is 5.75 Å². The maximum atomic E-state index is 12.9. The molecule has 2 heteroatoms. The van der Waals surface area contributed by atoms with Crippen LogP contribution >= 0.6 is 0 Å². The van der Waals surface area contributed by atoms with Crippen molar-refractivity contribution in [1.82, 2.24) is 0 Å². The first-order valence-corrected chi connectivity index (χ1v) is 6.19. The molecule has 0 amide bonds. The highest BCUT2D eigenvalue weighted by atomic mass is 19.1. The maximum absolute atomic E-state index is 12.9. The first kappa shape index (κ1) is 10.1. The summed E-state index contributed by atoms with van der Waals surface area (Å²) in [6.07, 6.45) is 5.51. The Bertz CT molecular complexity index is 377. The minimum absolute atomic E-state index is 0.217. The third-order valence-electron chi connectivity index (χ3n) is 4.14. The van der Waals surface area contributed by atoms with Crippen LogP contribution in [0.4, 0.5) is 4.39 Å². The lowest BCUT2D eigenvalue weighted by Gasteiger charge is -2.21. The predicted molar refractivity (Wildman–Crippen MR) is 60.8 cm³/mol. The molecule has 2 aliphatic carbocycles. The van der Waals surface area contributed by atoms with Crippen molar-refractivity contribution in [3.05, 3.63) is 30.1 Å². The predicted octanol–water partition coefficient (Wildman–Crippen LogP) is 3.64. The van der Waals surface area contributed by atoms with Gasteiger partial charge in [0.05, 0.1) is 6.61 Å². The molecule has 2 saturated carbocycles. The molecule has 3 atom stereocenters. The van der Waals surface area contributed by atoms with Crippen molar-refractivity contribution >= 4 is 0 Å². The van der Waals surface area contributed by atoms with Gasteiger partial charge in [-0.3, -0.25) is 0 Å². The summed E-state index contributed by atoms with van der Waals surface area (Å²) < 4.78 is 18.6. The Hall–Kier alpha value is -1.05. The summed E-state index contributed by atoms with van der Waals surface area (Å²) >= 11 is 0. The highest BCUT2D eigenvalue weighted by Crippen LogP contribution is 2.48. The zero-order chi connectivity index (χ0) is 11.0. The molecule has 0 radical (unpaired) electrons. The van der Waals surface area contributed by atoms with Gasteiger partial charge < -0.3 is 4.74 Å². The van der Waals surface area contributed by atoms with E-state index in [0.717, 1.165) is 18.4 Å². The molecule has 0 spiro atoms. The van der Waals surface area contributed by atoms with E-state index in [0.29, 0.717) is 11.7 Å². The van der Waals surface area contributed by atoms with Crippen molar-refractivity contribution in [2.75, 3.05) is 6.61 Å². The van der Waals surface area contributed by atoms with Crippen LogP contribution in [0.3, 0.4) is 0 Å². The number of hydrogen-bond acceptors (Lipinski definition) is 1. The van der Waals surface area contributed by atoms with E-state index in [1.165, 1.54) is 37.8 Å². The van der Waals surface area contributed by atoms with E-state index in [2.05, 4.69) is 0 Å². The first-order valence-electron chi connectivity index (χ1n) is 6.19. The zero-order valence-electron chi connectivity index (χ0n) is 9.36. The van der Waals surface area contributed by atoms with Gasteiger partial charge in [-0.1, -0.05) is 12.5 Å². The number of rotatable bonds is 3. The van der Waals surface area contributed by atoms with E-state index >= 15 is 0 Å². The number of fused-ring (bicyclic) bond motifs is 2. The topological polar surface area (TPSA) is 9.23 Å². The van der Waals surface area contributed by atoms with Crippen molar-refractivity contribution in [2.45, 2.75) is 25.7 Å². The van der Waals surface area contributed by atoms with Crippen molar-refractivity contribution in [3.63, 3.8) is 0 Å². The summed E-state index contributed by atoms with van der Waals surface area (Å²) in [5.74, 6) is 2.99. The van der Waals surface area contributed by atoms with Gasteiger partial charge in [-0.25, -0.2) is 4.39 Å². The Labute approximate surface area is 95.6 Å². The molecule has 2 bridgehead atoms. The van der Waals surface area contributed by atoms with Gasteiger partial charge in [0.15, 0.2) is 0 Å². The Balaban J connectivity index is 1.57. The molecule has 86 valence electrons. The Morgan fingerprint density at radius 3 is 2.88 bits per heavy atom. The molecular formula is C14H17FO. The SMILES string of the molecule is Fc1cccc(OCC2CC3CCC2C3)c1. The van der Waals surface area contributed by atoms with E-state index < -0.39 is 0 Å². The minimum atomic E-state index is -0.217. The quantitative estimate of drug-likeness (QED) is 0.755. The average molecular weight is 220 g/mol. The van der Waals surface area contributed by atoms with Crippen molar-refractivity contribution < 1.29 is 9.13 Å². The number of ether oxygens (including phenoxy) is 1. The standard InChI is InChI=1S/C14H17FO/c15-13-2-1-3-14(8-13)16-9-12-7-10-4-5-11(12)6-10/h1-3,8,10-12H,4-7,9H2. The zero-order valence-corrected chi connectivity index (χ0v) is 9.36. The van der Waals surface area contributed by atoms with Crippen LogP contribution in [0.1, 0.15) is 25.7 Å². The van der Waals surface area contributed by atoms with E-state index in [9.17, 15) is 4.39 Å². The van der Waals surface area contributed by atoms with Crippen molar-refractivity contribution in [3.8, 4) is 5.75 Å². The van der Waals surface area contributed by atoms with Gasteiger partial charge in [-0.2, -0.15) is 0 Å². The molecule has 2 aliphatic rings. The molecule has 0 N–H and O–H groups in total. The lowest BCUT2D eigenvalue weighted by atomic mass is 9.89. The summed E-state index contributed by atoms with van der Waals surface area (Å²) in [7, 11) is 0. The third kappa shape index (κ3) is 1.93. The summed E-state index contributed by atoms with van der Waals surface area (Å²) in [6.45, 7) is 0.768. The highest BCUT2D eigenvalue weighted by Gasteiger charge is 2.39. The molecule has 0 heterocycles. The smallest absolute Gasteiger partial charge is 0.126 e. The van der Waals surface area contributed by atoms with Crippen molar-refractivity contribution in [2.24, 2.45) is 17.8 Å². The van der Waals surface area contributed by atoms with Gasteiger partial charge in [-0.05, 0) is 49.1 Å². The third-order valence-corrected chi connectivity index (χ3v) is 4.14. The number of benzene rings is 1. The van der Waals surface area contributed by atoms with Crippen LogP contribution in [-0.2, 0) is 0 Å². The first-order chi connectivity index (χ1) is 7.81. The summed E-state index contributed by atoms with van der Waals surface area (Å²) in [4.78, 5) is 0. The molecule has 1 aromatic rings. The summed E-state index contributed by atoms with van der Waals surface area (Å²) in [6, 6.07) is 6.44. The average Bonchev–Trinajstić information content (AvgIpc) is 2.88.